The van der Waals surface area contributed by atoms with E-state index in [0.717, 1.165) is 12.0 Å². The van der Waals surface area contributed by atoms with Gasteiger partial charge < -0.3 is 19.8 Å². The van der Waals surface area contributed by atoms with Crippen LogP contribution >= 0.6 is 27.7 Å². The number of thioether (sulfide) groups is 1. The predicted octanol–water partition coefficient (Wildman–Crippen LogP) is 4.11. The zero-order valence-corrected chi connectivity index (χ0v) is 26.1. The summed E-state index contributed by atoms with van der Waals surface area (Å²) < 4.78 is -0.766. The van der Waals surface area contributed by atoms with Gasteiger partial charge in [-0.1, -0.05) is 79.2 Å². The molecule has 0 aliphatic carbocycles. The molecule has 0 radical (unpaired) electrons. The van der Waals surface area contributed by atoms with Crippen LogP contribution in [0.5, 0.6) is 0 Å². The second-order valence-corrected chi connectivity index (χ2v) is 14.2. The first-order valence-corrected chi connectivity index (χ1v) is 16.0. The summed E-state index contributed by atoms with van der Waals surface area (Å²) in [6, 6.07) is 8.46. The highest BCUT2D eigenvalue weighted by Gasteiger charge is 2.76. The van der Waals surface area contributed by atoms with Crippen LogP contribution in [0, 0.1) is 17.8 Å². The molecule has 3 heterocycles. The number of aliphatic hydroxyl groups is 1. The third-order valence-electron chi connectivity index (χ3n) is 8.59. The second kappa shape index (κ2) is 12.8. The number of benzene rings is 1. The van der Waals surface area contributed by atoms with Crippen LogP contribution in [-0.4, -0.2) is 90.7 Å². The third-order valence-corrected chi connectivity index (χ3v) is 11.8. The molecular weight excluding hydrogens is 590 g/mol. The molecule has 2 bridgehead atoms. The Bertz CT molecular complexity index is 1120. The largest absolute Gasteiger partial charge is 0.394 e. The highest BCUT2D eigenvalue weighted by Crippen LogP contribution is 2.68. The smallest absolute Gasteiger partial charge is 0.247 e. The van der Waals surface area contributed by atoms with Gasteiger partial charge in [0.25, 0.3) is 0 Å². The van der Waals surface area contributed by atoms with E-state index in [1.807, 2.05) is 51.1 Å². The minimum atomic E-state index is -0.792. The lowest BCUT2D eigenvalue weighted by molar-refractivity contribution is -0.148. The number of hydrogen-bond donors (Lipinski definition) is 1. The Hall–Kier alpha value is -2.10. The Labute approximate surface area is 251 Å². The summed E-state index contributed by atoms with van der Waals surface area (Å²) >= 11 is 5.49. The van der Waals surface area contributed by atoms with Gasteiger partial charge in [0.2, 0.25) is 17.7 Å². The zero-order valence-electron chi connectivity index (χ0n) is 23.7. The lowest BCUT2D eigenvalue weighted by Crippen LogP contribution is -2.58. The summed E-state index contributed by atoms with van der Waals surface area (Å²) in [5.41, 5.74) is 0.986. The molecule has 218 valence electrons. The first-order chi connectivity index (χ1) is 19.2. The molecule has 9 heteroatoms. The number of rotatable bonds is 13. The number of alkyl halides is 1. The number of carbonyl (C=O) groups excluding carboxylic acids is 3. The maximum atomic E-state index is 14.7. The summed E-state index contributed by atoms with van der Waals surface area (Å²) in [6.45, 7) is 15.1. The number of hydrogen-bond acceptors (Lipinski definition) is 5. The fourth-order valence-electron chi connectivity index (χ4n) is 6.90. The molecule has 3 amide bonds. The van der Waals surface area contributed by atoms with Crippen LogP contribution in [-0.2, 0) is 20.9 Å². The van der Waals surface area contributed by atoms with Crippen LogP contribution in [0.2, 0.25) is 0 Å². The topological polar surface area (TPSA) is 81.2 Å². The maximum absolute atomic E-state index is 14.7. The predicted molar refractivity (Wildman–Crippen MR) is 164 cm³/mol. The Morgan fingerprint density at radius 3 is 2.40 bits per heavy atom. The first kappa shape index (κ1) is 30.8. The molecule has 3 aliphatic rings. The normalized spacial score (nSPS) is 29.4. The van der Waals surface area contributed by atoms with E-state index < -0.39 is 28.7 Å². The van der Waals surface area contributed by atoms with E-state index in [2.05, 4.69) is 29.1 Å². The summed E-state index contributed by atoms with van der Waals surface area (Å²) in [5.74, 6) is -1.64. The second-order valence-electron chi connectivity index (χ2n) is 11.5. The van der Waals surface area contributed by atoms with E-state index in [0.29, 0.717) is 32.6 Å². The Kier molecular flexibility index (Phi) is 9.89. The molecule has 3 saturated heterocycles. The third kappa shape index (κ3) is 5.29. The van der Waals surface area contributed by atoms with Crippen molar-refractivity contribution in [3.63, 3.8) is 0 Å². The fraction of sp³-hybridized carbons (Fsp3) is 0.581. The molecule has 40 heavy (non-hydrogen) atoms. The molecule has 1 spiro atoms. The van der Waals surface area contributed by atoms with Gasteiger partial charge >= 0.3 is 0 Å². The maximum Gasteiger partial charge on any atom is 0.247 e. The van der Waals surface area contributed by atoms with Gasteiger partial charge in [-0.25, -0.2) is 0 Å². The molecule has 1 N–H and O–H groups in total. The zero-order chi connectivity index (χ0) is 29.2. The Balaban J connectivity index is 1.81. The van der Waals surface area contributed by atoms with Gasteiger partial charge in [-0.2, -0.15) is 0 Å². The van der Waals surface area contributed by atoms with Crippen molar-refractivity contribution in [1.82, 2.24) is 14.7 Å². The van der Waals surface area contributed by atoms with E-state index in [-0.39, 0.29) is 40.3 Å². The lowest BCUT2D eigenvalue weighted by atomic mass is 9.70. The SMILES string of the molecule is C=CCN(Cc1ccccc1)C(=O)C1N([C@@H](CO)C(C)C)C(=O)[C@@H]2[C@H](C(=O)N(CC=C)CCC)[C@H]3SC12CC3Br. The molecule has 7 atom stereocenters. The molecule has 4 rings (SSSR count). The van der Waals surface area contributed by atoms with Crippen molar-refractivity contribution < 1.29 is 19.5 Å². The van der Waals surface area contributed by atoms with Crippen LogP contribution in [0.15, 0.2) is 55.6 Å². The summed E-state index contributed by atoms with van der Waals surface area (Å²) in [7, 11) is 0. The van der Waals surface area contributed by atoms with Gasteiger partial charge in [0.1, 0.15) is 6.04 Å². The van der Waals surface area contributed by atoms with Crippen LogP contribution in [0.1, 0.15) is 39.2 Å². The van der Waals surface area contributed by atoms with E-state index >= 15 is 0 Å². The molecule has 3 aliphatic heterocycles. The number of amides is 3. The molecule has 3 fully saturated rings. The summed E-state index contributed by atoms with van der Waals surface area (Å²) in [5, 5.41) is 10.4. The van der Waals surface area contributed by atoms with E-state index in [4.69, 9.17) is 0 Å². The average molecular weight is 633 g/mol. The van der Waals surface area contributed by atoms with Crippen LogP contribution < -0.4 is 0 Å². The van der Waals surface area contributed by atoms with E-state index in [9.17, 15) is 19.5 Å². The van der Waals surface area contributed by atoms with Gasteiger partial charge in [-0.05, 0) is 24.3 Å². The Morgan fingerprint density at radius 2 is 1.82 bits per heavy atom. The number of halogens is 1. The van der Waals surface area contributed by atoms with E-state index in [1.165, 1.54) is 0 Å². The van der Waals surface area contributed by atoms with Crippen molar-refractivity contribution >= 4 is 45.4 Å². The first-order valence-electron chi connectivity index (χ1n) is 14.2. The van der Waals surface area contributed by atoms with Crippen molar-refractivity contribution in [3.8, 4) is 0 Å². The van der Waals surface area contributed by atoms with Crippen molar-refractivity contribution in [2.45, 2.75) is 67.1 Å². The van der Waals surface area contributed by atoms with Crippen molar-refractivity contribution in [1.29, 1.82) is 0 Å². The number of carbonyl (C=O) groups is 3. The molecular formula is C31H42BrN3O4S. The number of likely N-dealkylation sites (tertiary alicyclic amines) is 1. The van der Waals surface area contributed by atoms with E-state index in [1.54, 1.807) is 38.6 Å². The highest BCUT2D eigenvalue weighted by molar-refractivity contribution is 9.09. The quantitative estimate of drug-likeness (QED) is 0.262. The van der Waals surface area contributed by atoms with Gasteiger partial charge in [0.05, 0.1) is 29.2 Å². The minimum Gasteiger partial charge on any atom is -0.394 e. The van der Waals surface area contributed by atoms with Crippen LogP contribution in [0.4, 0.5) is 0 Å². The molecule has 1 aromatic carbocycles. The van der Waals surface area contributed by atoms with Gasteiger partial charge in [0, 0.05) is 36.3 Å². The monoisotopic (exact) mass is 631 g/mol. The van der Waals surface area contributed by atoms with Crippen molar-refractivity contribution in [3.05, 3.63) is 61.2 Å². The summed E-state index contributed by atoms with van der Waals surface area (Å²) in [6.07, 6.45) is 4.84. The van der Waals surface area contributed by atoms with Crippen molar-refractivity contribution in [2.24, 2.45) is 17.8 Å². The van der Waals surface area contributed by atoms with Crippen LogP contribution in [0.3, 0.4) is 0 Å². The average Bonchev–Trinajstić information content (AvgIpc) is 3.52. The fourth-order valence-corrected chi connectivity index (χ4v) is 10.5. The highest BCUT2D eigenvalue weighted by atomic mass is 79.9. The minimum absolute atomic E-state index is 0.00781. The number of aliphatic hydroxyl groups excluding tert-OH is 1. The molecule has 3 unspecified atom stereocenters. The van der Waals surface area contributed by atoms with Gasteiger partial charge in [0.15, 0.2) is 0 Å². The number of fused-ring (bicyclic) bond motifs is 1. The molecule has 0 aromatic heterocycles. The standard InChI is InChI=1S/C31H42BrN3O4S/c1-6-14-33(15-7-2)28(37)24-25-29(38)35(23(19-36)20(4)5)27(31(25)17-22(32)26(24)40-31)30(39)34(16-8-3)18-21-12-10-9-11-13-21/h6,8-13,20,22-27,36H,1,3,7,14-19H2,2,4-5H3/t22?,23-,24-,25-,26-,27?,31?/m0/s1. The van der Waals surface area contributed by atoms with Gasteiger partial charge in [-0.3, -0.25) is 14.4 Å². The summed E-state index contributed by atoms with van der Waals surface area (Å²) in [4.78, 5) is 48.4. The molecule has 1 aromatic rings. The number of nitrogens with zero attached hydrogens (tertiary/aromatic N) is 3. The molecule has 0 saturated carbocycles. The lowest BCUT2D eigenvalue weighted by Gasteiger charge is -2.41. The Morgan fingerprint density at radius 1 is 1.18 bits per heavy atom. The molecule has 7 nitrogen and oxygen atoms in total. The van der Waals surface area contributed by atoms with Crippen molar-refractivity contribution in [2.75, 3.05) is 26.2 Å². The van der Waals surface area contributed by atoms with Gasteiger partial charge in [-0.15, -0.1) is 24.9 Å². The van der Waals surface area contributed by atoms with Crippen LogP contribution in [0.25, 0.3) is 0 Å².